The molecule has 1 saturated heterocycles. The van der Waals surface area contributed by atoms with Gasteiger partial charge < -0.3 is 20.3 Å². The van der Waals surface area contributed by atoms with Crippen molar-refractivity contribution < 1.29 is 9.66 Å². The topological polar surface area (TPSA) is 79.7 Å². The van der Waals surface area contributed by atoms with Crippen LogP contribution in [0.3, 0.4) is 0 Å². The maximum Gasteiger partial charge on any atom is 0.292 e. The van der Waals surface area contributed by atoms with Gasteiger partial charge in [-0.15, -0.1) is 12.4 Å². The summed E-state index contributed by atoms with van der Waals surface area (Å²) in [5.74, 6) is 0. The minimum atomic E-state index is -0.364. The molecule has 1 aromatic carbocycles. The smallest absolute Gasteiger partial charge is 0.292 e. The molecule has 0 atom stereocenters. The lowest BCUT2D eigenvalue weighted by atomic mass is 10.2. The first-order valence-electron chi connectivity index (χ1n) is 6.69. The van der Waals surface area contributed by atoms with Gasteiger partial charge in [-0.25, -0.2) is 0 Å². The van der Waals surface area contributed by atoms with Crippen LogP contribution in [0.4, 0.5) is 17.1 Å². The summed E-state index contributed by atoms with van der Waals surface area (Å²) in [5.41, 5.74) is 1.65. The second-order valence-electron chi connectivity index (χ2n) is 4.62. The summed E-state index contributed by atoms with van der Waals surface area (Å²) >= 11 is 0. The summed E-state index contributed by atoms with van der Waals surface area (Å²) in [6.07, 6.45) is 0. The molecule has 0 aromatic heterocycles. The molecule has 2 N–H and O–H groups in total. The molecule has 2 rings (SSSR count). The van der Waals surface area contributed by atoms with E-state index in [1.807, 2.05) is 12.1 Å². The molecule has 1 fully saturated rings. The number of nitro groups is 1. The van der Waals surface area contributed by atoms with Crippen molar-refractivity contribution in [2.75, 3.05) is 56.7 Å². The van der Waals surface area contributed by atoms with E-state index in [0.717, 1.165) is 31.9 Å². The van der Waals surface area contributed by atoms with E-state index >= 15 is 0 Å². The van der Waals surface area contributed by atoms with Crippen molar-refractivity contribution in [3.05, 3.63) is 28.3 Å². The number of hydrogen-bond acceptors (Lipinski definition) is 6. The molecule has 0 spiro atoms. The lowest BCUT2D eigenvalue weighted by molar-refractivity contribution is -0.383. The van der Waals surface area contributed by atoms with Crippen LogP contribution in [0.25, 0.3) is 0 Å². The van der Waals surface area contributed by atoms with E-state index in [-0.39, 0.29) is 23.0 Å². The summed E-state index contributed by atoms with van der Waals surface area (Å²) in [7, 11) is 1.60. The van der Waals surface area contributed by atoms with Crippen LogP contribution in [0.1, 0.15) is 0 Å². The molecule has 0 bridgehead atoms. The van der Waals surface area contributed by atoms with Crippen LogP contribution in [0.5, 0.6) is 0 Å². The molecule has 0 saturated carbocycles. The Morgan fingerprint density at radius 1 is 1.43 bits per heavy atom. The molecule has 0 unspecified atom stereocenters. The molecule has 1 heterocycles. The fourth-order valence-corrected chi connectivity index (χ4v) is 2.23. The van der Waals surface area contributed by atoms with Crippen LogP contribution >= 0.6 is 12.4 Å². The van der Waals surface area contributed by atoms with E-state index in [2.05, 4.69) is 15.5 Å². The lowest BCUT2D eigenvalue weighted by Gasteiger charge is -2.29. The molecule has 1 aromatic rings. The Bertz CT molecular complexity index is 467. The van der Waals surface area contributed by atoms with Gasteiger partial charge in [0.2, 0.25) is 0 Å². The number of nitrogens with one attached hydrogen (secondary N) is 2. The minimum absolute atomic E-state index is 0. The highest BCUT2D eigenvalue weighted by atomic mass is 35.5. The summed E-state index contributed by atoms with van der Waals surface area (Å²) in [5, 5.41) is 17.4. The quantitative estimate of drug-likeness (QED) is 0.470. The molecule has 8 heteroatoms. The summed E-state index contributed by atoms with van der Waals surface area (Å²) in [6, 6.07) is 5.22. The summed E-state index contributed by atoms with van der Waals surface area (Å²) < 4.78 is 4.96. The first kappa shape index (κ1) is 17.5. The second-order valence-corrected chi connectivity index (χ2v) is 4.62. The molecule has 7 nitrogen and oxygen atoms in total. The number of benzene rings is 1. The summed E-state index contributed by atoms with van der Waals surface area (Å²) in [6.45, 7) is 4.74. The van der Waals surface area contributed by atoms with Crippen LogP contribution in [-0.4, -0.2) is 51.4 Å². The number of methoxy groups -OCH3 is 1. The van der Waals surface area contributed by atoms with Gasteiger partial charge in [-0.3, -0.25) is 10.1 Å². The molecule has 21 heavy (non-hydrogen) atoms. The van der Waals surface area contributed by atoms with E-state index < -0.39 is 0 Å². The van der Waals surface area contributed by atoms with Crippen molar-refractivity contribution in [3.8, 4) is 0 Å². The van der Waals surface area contributed by atoms with Crippen LogP contribution in [0.2, 0.25) is 0 Å². The Hall–Kier alpha value is -1.57. The van der Waals surface area contributed by atoms with Gasteiger partial charge in [0.05, 0.1) is 11.5 Å². The number of nitrogens with zero attached hydrogens (tertiary/aromatic N) is 2. The predicted octanol–water partition coefficient (Wildman–Crippen LogP) is 1.48. The monoisotopic (exact) mass is 316 g/mol. The molecular formula is C13H21ClN4O3. The summed E-state index contributed by atoms with van der Waals surface area (Å²) in [4.78, 5) is 12.9. The van der Waals surface area contributed by atoms with E-state index in [0.29, 0.717) is 18.8 Å². The lowest BCUT2D eigenvalue weighted by Crippen LogP contribution is -2.43. The standard InChI is InChI=1S/C13H20N4O3.ClH/c1-20-9-6-15-12-10-11(2-3-13(12)17(18)19)16-7-4-14-5-8-16;/h2-3,10,14-15H,4-9H2,1H3;1H. The van der Waals surface area contributed by atoms with Crippen LogP contribution < -0.4 is 15.5 Å². The first-order valence-corrected chi connectivity index (χ1v) is 6.69. The molecule has 0 amide bonds. The minimum Gasteiger partial charge on any atom is -0.383 e. The third-order valence-corrected chi connectivity index (χ3v) is 3.28. The normalized spacial score (nSPS) is 14.4. The number of nitro benzene ring substituents is 1. The molecule has 1 aliphatic rings. The zero-order valence-electron chi connectivity index (χ0n) is 12.0. The largest absolute Gasteiger partial charge is 0.383 e. The first-order chi connectivity index (χ1) is 9.72. The van der Waals surface area contributed by atoms with Gasteiger partial charge in [0, 0.05) is 51.6 Å². The maximum atomic E-state index is 11.1. The Kier molecular flexibility index (Phi) is 7.21. The van der Waals surface area contributed by atoms with Gasteiger partial charge in [-0.2, -0.15) is 0 Å². The number of piperazine rings is 1. The van der Waals surface area contributed by atoms with Gasteiger partial charge >= 0.3 is 0 Å². The van der Waals surface area contributed by atoms with Crippen LogP contribution in [-0.2, 0) is 4.74 Å². The van der Waals surface area contributed by atoms with Gasteiger partial charge in [0.15, 0.2) is 0 Å². The van der Waals surface area contributed by atoms with Gasteiger partial charge in [0.1, 0.15) is 5.69 Å². The van der Waals surface area contributed by atoms with Crippen LogP contribution in [0.15, 0.2) is 18.2 Å². The molecule has 1 aliphatic heterocycles. The van der Waals surface area contributed by atoms with Crippen molar-refractivity contribution in [2.24, 2.45) is 0 Å². The van der Waals surface area contributed by atoms with Crippen molar-refractivity contribution in [3.63, 3.8) is 0 Å². The SMILES string of the molecule is COCCNc1cc(N2CCNCC2)ccc1[N+](=O)[O-].Cl. The maximum absolute atomic E-state index is 11.1. The molecular weight excluding hydrogens is 296 g/mol. The van der Waals surface area contributed by atoms with Crippen LogP contribution in [0, 0.1) is 10.1 Å². The average molecular weight is 317 g/mol. The van der Waals surface area contributed by atoms with Crippen molar-refractivity contribution in [2.45, 2.75) is 0 Å². The third kappa shape index (κ3) is 4.73. The van der Waals surface area contributed by atoms with Crippen molar-refractivity contribution in [1.82, 2.24) is 5.32 Å². The van der Waals surface area contributed by atoms with Gasteiger partial charge in [-0.1, -0.05) is 0 Å². The Morgan fingerprint density at radius 2 is 2.14 bits per heavy atom. The number of halogens is 1. The zero-order valence-corrected chi connectivity index (χ0v) is 12.8. The Labute approximate surface area is 130 Å². The van der Waals surface area contributed by atoms with E-state index in [9.17, 15) is 10.1 Å². The molecule has 0 aliphatic carbocycles. The van der Waals surface area contributed by atoms with Gasteiger partial charge in [0.25, 0.3) is 5.69 Å². The van der Waals surface area contributed by atoms with E-state index in [1.165, 1.54) is 0 Å². The number of rotatable bonds is 6. The van der Waals surface area contributed by atoms with E-state index in [4.69, 9.17) is 4.74 Å². The highest BCUT2D eigenvalue weighted by Gasteiger charge is 2.17. The number of anilines is 2. The highest BCUT2D eigenvalue weighted by Crippen LogP contribution is 2.29. The number of ether oxygens (including phenoxy) is 1. The zero-order chi connectivity index (χ0) is 14.4. The van der Waals surface area contributed by atoms with Gasteiger partial charge in [-0.05, 0) is 12.1 Å². The predicted molar refractivity (Wildman–Crippen MR) is 85.8 cm³/mol. The second kappa shape index (κ2) is 8.66. The molecule has 118 valence electrons. The third-order valence-electron chi connectivity index (χ3n) is 3.28. The highest BCUT2D eigenvalue weighted by molar-refractivity contribution is 5.85. The molecule has 0 radical (unpaired) electrons. The Balaban J connectivity index is 0.00000220. The van der Waals surface area contributed by atoms with Crippen molar-refractivity contribution in [1.29, 1.82) is 0 Å². The fraction of sp³-hybridized carbons (Fsp3) is 0.538. The van der Waals surface area contributed by atoms with E-state index in [1.54, 1.807) is 13.2 Å². The average Bonchev–Trinajstić information content (AvgIpc) is 2.48. The fourth-order valence-electron chi connectivity index (χ4n) is 2.23. The Morgan fingerprint density at radius 3 is 2.76 bits per heavy atom. The number of hydrogen-bond donors (Lipinski definition) is 2. The van der Waals surface area contributed by atoms with Crippen molar-refractivity contribution >= 4 is 29.5 Å².